The van der Waals surface area contributed by atoms with Crippen molar-refractivity contribution >= 4 is 46.0 Å². The molecule has 0 fully saturated rings. The Hall–Kier alpha value is -4.54. The summed E-state index contributed by atoms with van der Waals surface area (Å²) in [5.41, 5.74) is 10.4. The van der Waals surface area contributed by atoms with Crippen LogP contribution in [-0.2, 0) is 25.7 Å². The van der Waals surface area contributed by atoms with Crippen molar-refractivity contribution in [1.29, 1.82) is 0 Å². The SMILES string of the molecule is CCCOc1c2cccc1Cc1cc(NC(=S)NC)cc(c1OCCC)Cc1cccc(c1OCCC)Cc1cc(NC(=S)NC)cc(c1OCCC)C2. The third kappa shape index (κ3) is 10.4. The lowest BCUT2D eigenvalue weighted by atomic mass is 9.90. The number of rotatable bonds is 14. The third-order valence-electron chi connectivity index (χ3n) is 9.14. The normalized spacial score (nSPS) is 12.0. The zero-order valence-electron chi connectivity index (χ0n) is 32.7. The number of hydrogen-bond donors (Lipinski definition) is 4. The van der Waals surface area contributed by atoms with Gasteiger partial charge in [0, 0.05) is 73.4 Å². The first-order valence-corrected chi connectivity index (χ1v) is 20.2. The van der Waals surface area contributed by atoms with E-state index < -0.39 is 0 Å². The number of para-hydroxylation sites is 2. The summed E-state index contributed by atoms with van der Waals surface area (Å²) < 4.78 is 26.7. The molecule has 4 N–H and O–H groups in total. The topological polar surface area (TPSA) is 85.0 Å². The minimum Gasteiger partial charge on any atom is -0.493 e. The molecule has 8 nitrogen and oxygen atoms in total. The smallest absolute Gasteiger partial charge is 0.170 e. The first-order valence-electron chi connectivity index (χ1n) is 19.3. The maximum Gasteiger partial charge on any atom is 0.170 e. The second kappa shape index (κ2) is 20.2. The summed E-state index contributed by atoms with van der Waals surface area (Å²) in [6.45, 7) is 11.0. The van der Waals surface area contributed by atoms with Gasteiger partial charge in [-0.2, -0.15) is 0 Å². The molecule has 4 aromatic rings. The molecule has 1 aliphatic carbocycles. The van der Waals surface area contributed by atoms with Crippen molar-refractivity contribution in [3.63, 3.8) is 0 Å². The molecule has 0 saturated heterocycles. The van der Waals surface area contributed by atoms with Crippen LogP contribution >= 0.6 is 24.4 Å². The minimum atomic E-state index is 0.547. The van der Waals surface area contributed by atoms with Gasteiger partial charge in [-0.15, -0.1) is 0 Å². The summed E-state index contributed by atoms with van der Waals surface area (Å²) in [4.78, 5) is 0. The molecule has 0 spiro atoms. The van der Waals surface area contributed by atoms with Gasteiger partial charge in [-0.3, -0.25) is 0 Å². The molecule has 0 aromatic heterocycles. The molecule has 0 amide bonds. The molecule has 8 bridgehead atoms. The molecule has 5 rings (SSSR count). The highest BCUT2D eigenvalue weighted by Crippen LogP contribution is 2.41. The van der Waals surface area contributed by atoms with Crippen molar-refractivity contribution in [2.24, 2.45) is 0 Å². The van der Waals surface area contributed by atoms with Crippen molar-refractivity contribution in [2.45, 2.75) is 79.1 Å². The van der Waals surface area contributed by atoms with Gasteiger partial charge in [-0.1, -0.05) is 64.1 Å². The van der Waals surface area contributed by atoms with Gasteiger partial charge >= 0.3 is 0 Å². The van der Waals surface area contributed by atoms with E-state index in [9.17, 15) is 0 Å². The molecule has 0 saturated carbocycles. The largest absolute Gasteiger partial charge is 0.493 e. The van der Waals surface area contributed by atoms with E-state index in [1.807, 2.05) is 14.1 Å². The summed E-state index contributed by atoms with van der Waals surface area (Å²) in [7, 11) is 3.65. The first-order chi connectivity index (χ1) is 26.3. The number of hydrogen-bond acceptors (Lipinski definition) is 6. The molecule has 0 radical (unpaired) electrons. The molecule has 1 aliphatic rings. The van der Waals surface area contributed by atoms with Crippen LogP contribution in [0.5, 0.6) is 23.0 Å². The van der Waals surface area contributed by atoms with E-state index in [1.54, 1.807) is 0 Å². The van der Waals surface area contributed by atoms with Gasteiger partial charge in [0.15, 0.2) is 10.2 Å². The number of thiocarbonyl (C=S) groups is 2. The van der Waals surface area contributed by atoms with Crippen LogP contribution in [0.15, 0.2) is 60.7 Å². The molecule has 4 aromatic carbocycles. The van der Waals surface area contributed by atoms with Gasteiger partial charge in [0.25, 0.3) is 0 Å². The van der Waals surface area contributed by atoms with E-state index in [0.717, 1.165) is 105 Å². The summed E-state index contributed by atoms with van der Waals surface area (Å²) >= 11 is 11.2. The maximum absolute atomic E-state index is 6.68. The second-order valence-corrected chi connectivity index (χ2v) is 14.4. The molecular formula is C44H56N4O4S2. The van der Waals surface area contributed by atoms with Crippen molar-refractivity contribution in [2.75, 3.05) is 51.2 Å². The predicted octanol–water partition coefficient (Wildman–Crippen LogP) is 9.35. The molecule has 54 heavy (non-hydrogen) atoms. The summed E-state index contributed by atoms with van der Waals surface area (Å²) in [6, 6.07) is 21.6. The number of nitrogens with one attached hydrogen (secondary N) is 4. The van der Waals surface area contributed by atoms with Gasteiger partial charge < -0.3 is 40.2 Å². The lowest BCUT2D eigenvalue weighted by Crippen LogP contribution is -2.24. The van der Waals surface area contributed by atoms with Crippen molar-refractivity contribution in [1.82, 2.24) is 10.6 Å². The summed E-state index contributed by atoms with van der Waals surface area (Å²) in [5, 5.41) is 14.0. The Morgan fingerprint density at radius 1 is 0.463 bits per heavy atom. The first kappa shape index (κ1) is 40.6. The predicted molar refractivity (Wildman–Crippen MR) is 231 cm³/mol. The zero-order chi connectivity index (χ0) is 38.5. The third-order valence-corrected chi connectivity index (χ3v) is 9.75. The van der Waals surface area contributed by atoms with E-state index in [2.05, 4.69) is 110 Å². The van der Waals surface area contributed by atoms with E-state index in [1.165, 1.54) is 0 Å². The number of fused-ring (bicyclic) bond motifs is 8. The minimum absolute atomic E-state index is 0.547. The Balaban J connectivity index is 1.84. The average Bonchev–Trinajstić information content (AvgIpc) is 3.16. The fraction of sp³-hybridized carbons (Fsp3) is 0.409. The molecular weight excluding hydrogens is 713 g/mol. The number of benzene rings is 4. The summed E-state index contributed by atoms with van der Waals surface area (Å²) in [6.07, 6.45) is 5.95. The molecule has 0 unspecified atom stereocenters. The average molecular weight is 769 g/mol. The van der Waals surface area contributed by atoms with E-state index in [-0.39, 0.29) is 0 Å². The zero-order valence-corrected chi connectivity index (χ0v) is 34.3. The molecule has 10 heteroatoms. The lowest BCUT2D eigenvalue weighted by molar-refractivity contribution is 0.304. The molecule has 0 aliphatic heterocycles. The lowest BCUT2D eigenvalue weighted by Gasteiger charge is -2.24. The fourth-order valence-corrected chi connectivity index (χ4v) is 7.01. The van der Waals surface area contributed by atoms with Gasteiger partial charge in [0.05, 0.1) is 26.4 Å². The molecule has 0 heterocycles. The Kier molecular flexibility index (Phi) is 15.2. The van der Waals surface area contributed by atoms with Crippen molar-refractivity contribution in [3.8, 4) is 23.0 Å². The van der Waals surface area contributed by atoms with Gasteiger partial charge in [0.2, 0.25) is 0 Å². The number of ether oxygens (including phenoxy) is 4. The maximum atomic E-state index is 6.68. The van der Waals surface area contributed by atoms with Crippen LogP contribution in [0.3, 0.4) is 0 Å². The van der Waals surface area contributed by atoms with Crippen LogP contribution in [0, 0.1) is 0 Å². The second-order valence-electron chi connectivity index (χ2n) is 13.6. The standard InChI is InChI=1S/C44H56N4O4S2/c1-7-17-49-39-29-13-11-14-30(39)22-34-26-38(48-44(54)46-6)28-36(42(34)52-20-10-4)24-32-16-12-15-31(40(32)50-18-8-2)23-35-27-37(47-43(53)45-5)25-33(21-29)41(35)51-19-9-3/h11-16,25-28H,7-10,17-24H2,1-6H3,(H2,45,47,53)(H2,46,48,54). The quantitative estimate of drug-likeness (QED) is 0.0821. The van der Waals surface area contributed by atoms with Crippen molar-refractivity contribution in [3.05, 3.63) is 105 Å². The highest BCUT2D eigenvalue weighted by molar-refractivity contribution is 7.80. The van der Waals surface area contributed by atoms with Crippen LogP contribution in [0.4, 0.5) is 11.4 Å². The van der Waals surface area contributed by atoms with Crippen LogP contribution in [0.25, 0.3) is 0 Å². The Morgan fingerprint density at radius 2 is 0.722 bits per heavy atom. The molecule has 0 atom stereocenters. The van der Waals surface area contributed by atoms with Crippen LogP contribution in [0.1, 0.15) is 97.9 Å². The van der Waals surface area contributed by atoms with Gasteiger partial charge in [-0.25, -0.2) is 0 Å². The highest BCUT2D eigenvalue weighted by Gasteiger charge is 2.23. The van der Waals surface area contributed by atoms with E-state index >= 15 is 0 Å². The van der Waals surface area contributed by atoms with Gasteiger partial charge in [0.1, 0.15) is 23.0 Å². The Bertz CT molecular complexity index is 1690. The fourth-order valence-electron chi connectivity index (χ4n) is 6.78. The van der Waals surface area contributed by atoms with Crippen LogP contribution in [-0.4, -0.2) is 50.7 Å². The molecule has 288 valence electrons. The van der Waals surface area contributed by atoms with E-state index in [0.29, 0.717) is 62.3 Å². The highest BCUT2D eigenvalue weighted by atomic mass is 32.1. The van der Waals surface area contributed by atoms with E-state index in [4.69, 9.17) is 43.4 Å². The van der Waals surface area contributed by atoms with Crippen LogP contribution in [0.2, 0.25) is 0 Å². The van der Waals surface area contributed by atoms with Crippen molar-refractivity contribution < 1.29 is 18.9 Å². The van der Waals surface area contributed by atoms with Crippen LogP contribution < -0.4 is 40.2 Å². The Morgan fingerprint density at radius 3 is 0.963 bits per heavy atom. The summed E-state index contributed by atoms with van der Waals surface area (Å²) in [5.74, 6) is 3.57. The Labute approximate surface area is 332 Å². The number of anilines is 2. The van der Waals surface area contributed by atoms with Gasteiger partial charge in [-0.05, 0) is 96.6 Å². The monoisotopic (exact) mass is 768 g/mol.